The number of phenols is 1. The van der Waals surface area contributed by atoms with Crippen molar-refractivity contribution in [3.8, 4) is 5.75 Å². The molecule has 3 nitrogen and oxygen atoms in total. The molecule has 0 spiro atoms. The van der Waals surface area contributed by atoms with Crippen molar-refractivity contribution in [1.82, 2.24) is 4.90 Å². The smallest absolute Gasteiger partial charge is 0.115 e. The lowest BCUT2D eigenvalue weighted by atomic mass is 9.98. The molecule has 1 fully saturated rings. The normalized spacial score (nSPS) is 26.0. The SMILES string of the molecule is C[C@@H]1CO[C@H](c2ccccc2)[C@@H](C)N1Cc1cccc(O)c1. The summed E-state index contributed by atoms with van der Waals surface area (Å²) in [6.07, 6.45) is 0.0923. The monoisotopic (exact) mass is 297 g/mol. The summed E-state index contributed by atoms with van der Waals surface area (Å²) in [6.45, 7) is 5.96. The number of benzene rings is 2. The van der Waals surface area contributed by atoms with Crippen LogP contribution in [-0.2, 0) is 11.3 Å². The molecule has 1 aliphatic rings. The van der Waals surface area contributed by atoms with Crippen molar-refractivity contribution in [3.05, 3.63) is 65.7 Å². The minimum absolute atomic E-state index is 0.0923. The molecular formula is C19H23NO2. The van der Waals surface area contributed by atoms with Gasteiger partial charge in [-0.1, -0.05) is 42.5 Å². The van der Waals surface area contributed by atoms with E-state index in [4.69, 9.17) is 4.74 Å². The molecule has 3 heteroatoms. The Morgan fingerprint density at radius 2 is 1.86 bits per heavy atom. The molecule has 0 bridgehead atoms. The first-order chi connectivity index (χ1) is 10.6. The highest BCUT2D eigenvalue weighted by Gasteiger charge is 2.33. The van der Waals surface area contributed by atoms with Crippen molar-refractivity contribution in [2.75, 3.05) is 6.61 Å². The van der Waals surface area contributed by atoms with Gasteiger partial charge in [0.2, 0.25) is 0 Å². The molecule has 3 rings (SSSR count). The first kappa shape index (κ1) is 15.1. The third-order valence-corrected chi connectivity index (χ3v) is 4.45. The molecule has 22 heavy (non-hydrogen) atoms. The first-order valence-corrected chi connectivity index (χ1v) is 7.85. The van der Waals surface area contributed by atoms with E-state index in [-0.39, 0.29) is 12.1 Å². The molecule has 1 saturated heterocycles. The highest BCUT2D eigenvalue weighted by Crippen LogP contribution is 2.32. The fraction of sp³-hybridized carbons (Fsp3) is 0.368. The van der Waals surface area contributed by atoms with Crippen LogP contribution in [0.15, 0.2) is 54.6 Å². The second-order valence-electron chi connectivity index (χ2n) is 6.10. The highest BCUT2D eigenvalue weighted by molar-refractivity contribution is 5.27. The highest BCUT2D eigenvalue weighted by atomic mass is 16.5. The number of nitrogens with zero attached hydrogens (tertiary/aromatic N) is 1. The van der Waals surface area contributed by atoms with Crippen molar-refractivity contribution in [2.24, 2.45) is 0 Å². The van der Waals surface area contributed by atoms with Gasteiger partial charge in [0.1, 0.15) is 5.75 Å². The van der Waals surface area contributed by atoms with Gasteiger partial charge in [-0.15, -0.1) is 0 Å². The molecule has 0 unspecified atom stereocenters. The van der Waals surface area contributed by atoms with Crippen molar-refractivity contribution in [2.45, 2.75) is 38.6 Å². The van der Waals surface area contributed by atoms with E-state index in [2.05, 4.69) is 49.1 Å². The third-order valence-electron chi connectivity index (χ3n) is 4.45. The Morgan fingerprint density at radius 3 is 2.59 bits per heavy atom. The number of morpholine rings is 1. The Hall–Kier alpha value is -1.84. The zero-order chi connectivity index (χ0) is 15.5. The zero-order valence-corrected chi connectivity index (χ0v) is 13.1. The molecule has 1 heterocycles. The predicted molar refractivity (Wildman–Crippen MR) is 87.7 cm³/mol. The number of rotatable bonds is 3. The Labute approximate surface area is 132 Å². The zero-order valence-electron chi connectivity index (χ0n) is 13.1. The van der Waals surface area contributed by atoms with E-state index in [1.807, 2.05) is 18.2 Å². The van der Waals surface area contributed by atoms with E-state index in [1.165, 1.54) is 5.56 Å². The molecule has 0 radical (unpaired) electrons. The lowest BCUT2D eigenvalue weighted by molar-refractivity contribution is -0.0993. The minimum atomic E-state index is 0.0923. The van der Waals surface area contributed by atoms with Gasteiger partial charge < -0.3 is 9.84 Å². The maximum Gasteiger partial charge on any atom is 0.115 e. The van der Waals surface area contributed by atoms with Gasteiger partial charge in [0.05, 0.1) is 12.7 Å². The van der Waals surface area contributed by atoms with Crippen molar-refractivity contribution in [3.63, 3.8) is 0 Å². The second kappa shape index (κ2) is 6.51. The van der Waals surface area contributed by atoms with Crippen molar-refractivity contribution in [1.29, 1.82) is 0 Å². The summed E-state index contributed by atoms with van der Waals surface area (Å²) in [6, 6.07) is 18.6. The van der Waals surface area contributed by atoms with Crippen LogP contribution < -0.4 is 0 Å². The van der Waals surface area contributed by atoms with Crippen LogP contribution in [0.4, 0.5) is 0 Å². The standard InChI is InChI=1S/C19H23NO2/c1-14-13-22-19(17-8-4-3-5-9-17)15(2)20(14)12-16-7-6-10-18(21)11-16/h3-11,14-15,19,21H,12-13H2,1-2H3/t14-,15-,19+/m1/s1. The number of aromatic hydroxyl groups is 1. The Morgan fingerprint density at radius 1 is 1.09 bits per heavy atom. The van der Waals surface area contributed by atoms with Gasteiger partial charge in [-0.25, -0.2) is 0 Å². The summed E-state index contributed by atoms with van der Waals surface area (Å²) in [7, 11) is 0. The fourth-order valence-corrected chi connectivity index (χ4v) is 3.24. The fourth-order valence-electron chi connectivity index (χ4n) is 3.24. The Kier molecular flexibility index (Phi) is 4.46. The predicted octanol–water partition coefficient (Wildman–Crippen LogP) is 3.74. The summed E-state index contributed by atoms with van der Waals surface area (Å²) in [5.41, 5.74) is 2.36. The number of hydrogen-bond acceptors (Lipinski definition) is 3. The molecule has 2 aromatic rings. The first-order valence-electron chi connectivity index (χ1n) is 7.85. The van der Waals surface area contributed by atoms with Crippen LogP contribution in [0.25, 0.3) is 0 Å². The summed E-state index contributed by atoms with van der Waals surface area (Å²) in [5, 5.41) is 9.66. The molecule has 1 N–H and O–H groups in total. The summed E-state index contributed by atoms with van der Waals surface area (Å²) in [4.78, 5) is 2.45. The van der Waals surface area contributed by atoms with E-state index < -0.39 is 0 Å². The van der Waals surface area contributed by atoms with Crippen LogP contribution in [-0.4, -0.2) is 28.7 Å². The van der Waals surface area contributed by atoms with Gasteiger partial charge in [-0.2, -0.15) is 0 Å². The molecule has 0 amide bonds. The van der Waals surface area contributed by atoms with Crippen LogP contribution in [0, 0.1) is 0 Å². The van der Waals surface area contributed by atoms with Crippen LogP contribution >= 0.6 is 0 Å². The van der Waals surface area contributed by atoms with Crippen LogP contribution in [0.3, 0.4) is 0 Å². The Balaban J connectivity index is 1.80. The van der Waals surface area contributed by atoms with E-state index in [9.17, 15) is 5.11 Å². The van der Waals surface area contributed by atoms with Crippen LogP contribution in [0.2, 0.25) is 0 Å². The van der Waals surface area contributed by atoms with Gasteiger partial charge in [-0.3, -0.25) is 4.90 Å². The summed E-state index contributed by atoms with van der Waals surface area (Å²) >= 11 is 0. The quantitative estimate of drug-likeness (QED) is 0.936. The largest absolute Gasteiger partial charge is 0.508 e. The van der Waals surface area contributed by atoms with Gasteiger partial charge in [0.15, 0.2) is 0 Å². The maximum atomic E-state index is 9.66. The van der Waals surface area contributed by atoms with Gasteiger partial charge >= 0.3 is 0 Å². The Bertz CT molecular complexity index is 614. The molecule has 0 aromatic heterocycles. The summed E-state index contributed by atoms with van der Waals surface area (Å²) in [5.74, 6) is 0.325. The average Bonchev–Trinajstić information content (AvgIpc) is 2.52. The van der Waals surface area contributed by atoms with Gasteiger partial charge in [0.25, 0.3) is 0 Å². The molecule has 2 aromatic carbocycles. The maximum absolute atomic E-state index is 9.66. The number of ether oxygens (including phenoxy) is 1. The number of phenolic OH excluding ortho intramolecular Hbond substituents is 1. The van der Waals surface area contributed by atoms with E-state index in [1.54, 1.807) is 6.07 Å². The lowest BCUT2D eigenvalue weighted by Crippen LogP contribution is -2.50. The molecule has 116 valence electrons. The van der Waals surface area contributed by atoms with Crippen molar-refractivity contribution < 1.29 is 9.84 Å². The molecule has 3 atom stereocenters. The van der Waals surface area contributed by atoms with E-state index >= 15 is 0 Å². The van der Waals surface area contributed by atoms with Crippen LogP contribution in [0.5, 0.6) is 5.75 Å². The van der Waals surface area contributed by atoms with E-state index in [0.29, 0.717) is 11.8 Å². The molecule has 0 saturated carbocycles. The van der Waals surface area contributed by atoms with Gasteiger partial charge in [0, 0.05) is 18.6 Å². The second-order valence-corrected chi connectivity index (χ2v) is 6.10. The lowest BCUT2D eigenvalue weighted by Gasteiger charge is -2.44. The van der Waals surface area contributed by atoms with E-state index in [0.717, 1.165) is 18.7 Å². The number of hydrogen-bond donors (Lipinski definition) is 1. The van der Waals surface area contributed by atoms with Crippen molar-refractivity contribution >= 4 is 0 Å². The topological polar surface area (TPSA) is 32.7 Å². The molecule has 0 aliphatic carbocycles. The molecule has 1 aliphatic heterocycles. The van der Waals surface area contributed by atoms with Gasteiger partial charge in [-0.05, 0) is 37.1 Å². The molecular weight excluding hydrogens is 274 g/mol. The third kappa shape index (κ3) is 3.16. The summed E-state index contributed by atoms with van der Waals surface area (Å²) < 4.78 is 6.09. The average molecular weight is 297 g/mol. The minimum Gasteiger partial charge on any atom is -0.508 e. The van der Waals surface area contributed by atoms with Crippen LogP contribution in [0.1, 0.15) is 31.1 Å².